The molecule has 1 aliphatic carbocycles. The summed E-state index contributed by atoms with van der Waals surface area (Å²) in [4.78, 5) is 28.5. The number of nitrogens with zero attached hydrogens (tertiary/aromatic N) is 3. The third-order valence-corrected chi connectivity index (χ3v) is 7.23. The number of pyridine rings is 1. The van der Waals surface area contributed by atoms with Crippen molar-refractivity contribution in [2.75, 3.05) is 11.9 Å². The van der Waals surface area contributed by atoms with Gasteiger partial charge in [-0.05, 0) is 85.5 Å². The van der Waals surface area contributed by atoms with Crippen LogP contribution in [-0.4, -0.2) is 34.5 Å². The number of para-hydroxylation sites is 1. The van der Waals surface area contributed by atoms with Gasteiger partial charge in [0.05, 0.1) is 17.3 Å². The molecular weight excluding hydrogens is 510 g/mol. The molecule has 2 heterocycles. The van der Waals surface area contributed by atoms with Crippen LogP contribution in [0.15, 0.2) is 85.1 Å². The predicted octanol–water partition coefficient (Wildman–Crippen LogP) is 6.42. The number of anilines is 1. The Morgan fingerprint density at radius 2 is 1.68 bits per heavy atom. The molecule has 2 aromatic heterocycles. The van der Waals surface area contributed by atoms with Gasteiger partial charge in [-0.15, -0.1) is 0 Å². The van der Waals surface area contributed by atoms with Gasteiger partial charge in [0.15, 0.2) is 0 Å². The zero-order valence-corrected chi connectivity index (χ0v) is 22.0. The Bertz CT molecular complexity index is 1760. The van der Waals surface area contributed by atoms with E-state index < -0.39 is 17.5 Å². The minimum absolute atomic E-state index is 0.138. The fourth-order valence-corrected chi connectivity index (χ4v) is 5.03. The molecule has 5 aromatic rings. The van der Waals surface area contributed by atoms with Crippen LogP contribution >= 0.6 is 0 Å². The summed E-state index contributed by atoms with van der Waals surface area (Å²) in [7, 11) is 1.50. The lowest BCUT2D eigenvalue weighted by molar-refractivity contribution is 0.0962. The van der Waals surface area contributed by atoms with Crippen molar-refractivity contribution >= 4 is 23.0 Å². The second-order valence-corrected chi connectivity index (χ2v) is 9.95. The lowest BCUT2D eigenvalue weighted by atomic mass is 9.96. The van der Waals surface area contributed by atoms with E-state index in [9.17, 15) is 14.0 Å². The largest absolute Gasteiger partial charge is 0.355 e. The van der Waals surface area contributed by atoms with Crippen LogP contribution in [0.3, 0.4) is 0 Å². The molecule has 0 atom stereocenters. The summed E-state index contributed by atoms with van der Waals surface area (Å²) in [5, 5.41) is 7.09. The van der Waals surface area contributed by atoms with Gasteiger partial charge in [-0.1, -0.05) is 24.3 Å². The van der Waals surface area contributed by atoms with Crippen LogP contribution in [0.4, 0.5) is 14.5 Å². The number of rotatable bonds is 6. The molecule has 0 radical (unpaired) electrons. The van der Waals surface area contributed by atoms with Gasteiger partial charge < -0.3 is 10.2 Å². The molecule has 1 fully saturated rings. The van der Waals surface area contributed by atoms with E-state index in [4.69, 9.17) is 0 Å². The first kappa shape index (κ1) is 25.4. The van der Waals surface area contributed by atoms with E-state index in [0.717, 1.165) is 24.1 Å². The van der Waals surface area contributed by atoms with Crippen LogP contribution < -0.4 is 10.2 Å². The second kappa shape index (κ2) is 10.0. The topological polar surface area (TPSA) is 66.7 Å². The van der Waals surface area contributed by atoms with E-state index in [2.05, 4.69) is 10.4 Å². The SMILES string of the molecule is CNC(=O)c1c(-c2ccc(F)cc2)nn2cc(F)c(-c3cc(C(=O)N(c4ccccc4)C4CC4)ccc3C)cc12. The smallest absolute Gasteiger partial charge is 0.258 e. The Hall–Kier alpha value is -4.85. The number of aryl methyl sites for hydroxylation is 1. The number of halogens is 2. The summed E-state index contributed by atoms with van der Waals surface area (Å²) < 4.78 is 30.5. The quantitative estimate of drug-likeness (QED) is 0.272. The van der Waals surface area contributed by atoms with E-state index in [1.165, 1.54) is 42.0 Å². The maximum Gasteiger partial charge on any atom is 0.258 e. The van der Waals surface area contributed by atoms with Gasteiger partial charge in [-0.3, -0.25) is 9.59 Å². The Morgan fingerprint density at radius 1 is 0.950 bits per heavy atom. The molecule has 1 N–H and O–H groups in total. The molecule has 200 valence electrons. The fourth-order valence-electron chi connectivity index (χ4n) is 5.03. The molecule has 2 amide bonds. The van der Waals surface area contributed by atoms with E-state index >= 15 is 4.39 Å². The normalized spacial score (nSPS) is 12.9. The highest BCUT2D eigenvalue weighted by atomic mass is 19.1. The summed E-state index contributed by atoms with van der Waals surface area (Å²) in [6.07, 6.45) is 3.09. The highest BCUT2D eigenvalue weighted by Gasteiger charge is 2.34. The van der Waals surface area contributed by atoms with Crippen molar-refractivity contribution < 1.29 is 18.4 Å². The molecule has 40 heavy (non-hydrogen) atoms. The second-order valence-electron chi connectivity index (χ2n) is 9.95. The molecular formula is C32H26F2N4O2. The Balaban J connectivity index is 1.48. The maximum absolute atomic E-state index is 15.7. The van der Waals surface area contributed by atoms with E-state index in [0.29, 0.717) is 27.9 Å². The summed E-state index contributed by atoms with van der Waals surface area (Å²) in [6, 6.07) is 22.2. The van der Waals surface area contributed by atoms with Crippen LogP contribution in [0.2, 0.25) is 0 Å². The van der Waals surface area contributed by atoms with Crippen molar-refractivity contribution in [3.8, 4) is 22.4 Å². The molecule has 3 aromatic carbocycles. The zero-order valence-electron chi connectivity index (χ0n) is 22.0. The third-order valence-electron chi connectivity index (χ3n) is 7.23. The summed E-state index contributed by atoms with van der Waals surface area (Å²) in [5.41, 5.74) is 4.29. The zero-order chi connectivity index (χ0) is 28.0. The molecule has 0 bridgehead atoms. The molecule has 8 heteroatoms. The third kappa shape index (κ3) is 4.51. The number of hydrogen-bond donors (Lipinski definition) is 1. The minimum atomic E-state index is -0.557. The van der Waals surface area contributed by atoms with Crippen molar-refractivity contribution in [3.05, 3.63) is 113 Å². The molecule has 6 nitrogen and oxygen atoms in total. The first-order valence-electron chi connectivity index (χ1n) is 13.0. The number of benzene rings is 3. The maximum atomic E-state index is 15.7. The Morgan fingerprint density at radius 3 is 2.35 bits per heavy atom. The Labute approximate surface area is 229 Å². The predicted molar refractivity (Wildman–Crippen MR) is 150 cm³/mol. The van der Waals surface area contributed by atoms with Gasteiger partial charge >= 0.3 is 0 Å². The highest BCUT2D eigenvalue weighted by molar-refractivity contribution is 6.08. The lowest BCUT2D eigenvalue weighted by Gasteiger charge is -2.23. The van der Waals surface area contributed by atoms with E-state index in [1.54, 1.807) is 18.2 Å². The highest BCUT2D eigenvalue weighted by Crippen LogP contribution is 2.36. The van der Waals surface area contributed by atoms with Crippen molar-refractivity contribution in [1.82, 2.24) is 14.9 Å². The first-order chi connectivity index (χ1) is 19.4. The molecule has 0 spiro atoms. The summed E-state index contributed by atoms with van der Waals surface area (Å²) in [5.74, 6) is -1.53. The molecule has 1 aliphatic rings. The van der Waals surface area contributed by atoms with Gasteiger partial charge in [-0.25, -0.2) is 13.3 Å². The van der Waals surface area contributed by atoms with E-state index in [-0.39, 0.29) is 23.1 Å². The summed E-state index contributed by atoms with van der Waals surface area (Å²) in [6.45, 7) is 1.85. The fraction of sp³-hybridized carbons (Fsp3) is 0.156. The van der Waals surface area contributed by atoms with Gasteiger partial charge in [0.1, 0.15) is 17.3 Å². The van der Waals surface area contributed by atoms with Crippen LogP contribution in [-0.2, 0) is 0 Å². The first-order valence-corrected chi connectivity index (χ1v) is 13.0. The van der Waals surface area contributed by atoms with Crippen molar-refractivity contribution in [1.29, 1.82) is 0 Å². The number of fused-ring (bicyclic) bond motifs is 1. The molecule has 6 rings (SSSR count). The number of carbonyl (C=O) groups is 2. The van der Waals surface area contributed by atoms with Crippen LogP contribution in [0.5, 0.6) is 0 Å². The number of aromatic nitrogens is 2. The average molecular weight is 537 g/mol. The minimum Gasteiger partial charge on any atom is -0.355 e. The van der Waals surface area contributed by atoms with E-state index in [1.807, 2.05) is 48.2 Å². The van der Waals surface area contributed by atoms with Crippen LogP contribution in [0.25, 0.3) is 27.9 Å². The van der Waals surface area contributed by atoms with Crippen LogP contribution in [0.1, 0.15) is 39.1 Å². The van der Waals surface area contributed by atoms with Gasteiger partial charge in [-0.2, -0.15) is 5.10 Å². The summed E-state index contributed by atoms with van der Waals surface area (Å²) >= 11 is 0. The number of amides is 2. The van der Waals surface area contributed by atoms with Crippen LogP contribution in [0, 0.1) is 18.6 Å². The van der Waals surface area contributed by atoms with Crippen molar-refractivity contribution in [2.45, 2.75) is 25.8 Å². The lowest BCUT2D eigenvalue weighted by Crippen LogP contribution is -2.33. The molecule has 0 aliphatic heterocycles. The number of nitrogens with one attached hydrogen (secondary N) is 1. The molecule has 1 saturated carbocycles. The standard InChI is InChI=1S/C32H26F2N4O2/c1-19-8-9-21(32(40)38(24-14-15-24)23-6-4-3-5-7-23)16-25(19)26-17-28-29(31(39)35-2)30(36-37(28)18-27(26)34)20-10-12-22(33)13-11-20/h3-13,16-18,24H,14-15H2,1-2H3,(H,35,39). The van der Waals surface area contributed by atoms with Gasteiger partial charge in [0.25, 0.3) is 11.8 Å². The molecule has 0 unspecified atom stereocenters. The van der Waals surface area contributed by atoms with Gasteiger partial charge in [0.2, 0.25) is 0 Å². The van der Waals surface area contributed by atoms with Crippen molar-refractivity contribution in [2.24, 2.45) is 0 Å². The van der Waals surface area contributed by atoms with Crippen molar-refractivity contribution in [3.63, 3.8) is 0 Å². The molecule has 0 saturated heterocycles. The monoisotopic (exact) mass is 536 g/mol. The number of carbonyl (C=O) groups excluding carboxylic acids is 2. The Kier molecular flexibility index (Phi) is 6.38. The average Bonchev–Trinajstić information content (AvgIpc) is 3.73. The number of hydrogen-bond acceptors (Lipinski definition) is 3. The van der Waals surface area contributed by atoms with Gasteiger partial charge in [0, 0.05) is 35.5 Å².